The molecule has 1 atom stereocenters. The first kappa shape index (κ1) is 12.9. The van der Waals surface area contributed by atoms with E-state index in [9.17, 15) is 9.18 Å². The van der Waals surface area contributed by atoms with Gasteiger partial charge in [0.25, 0.3) is 0 Å². The summed E-state index contributed by atoms with van der Waals surface area (Å²) in [5.74, 6) is 0.158. The van der Waals surface area contributed by atoms with Crippen molar-refractivity contribution in [1.82, 2.24) is 0 Å². The average Bonchev–Trinajstić information content (AvgIpc) is 2.48. The van der Waals surface area contributed by atoms with Crippen LogP contribution in [0.1, 0.15) is 10.4 Å². The second kappa shape index (κ2) is 5.13. The Hall–Kier alpha value is -2.07. The Bertz CT molecular complexity index is 672. The molecule has 0 N–H and O–H groups in total. The summed E-state index contributed by atoms with van der Waals surface area (Å²) >= 11 is 5.93. The molecule has 0 saturated carbocycles. The van der Waals surface area contributed by atoms with Gasteiger partial charge in [0.05, 0.1) is 5.02 Å². The van der Waals surface area contributed by atoms with Crippen molar-refractivity contribution in [3.05, 3.63) is 58.9 Å². The van der Waals surface area contributed by atoms with Gasteiger partial charge in [0.2, 0.25) is 5.78 Å². The number of para-hydroxylation sites is 2. The van der Waals surface area contributed by atoms with Crippen LogP contribution in [-0.4, -0.2) is 18.5 Å². The molecule has 0 fully saturated rings. The van der Waals surface area contributed by atoms with E-state index < -0.39 is 17.7 Å². The third-order valence-electron chi connectivity index (χ3n) is 2.99. The van der Waals surface area contributed by atoms with Crippen molar-refractivity contribution in [2.24, 2.45) is 0 Å². The Balaban J connectivity index is 1.88. The molecule has 20 heavy (non-hydrogen) atoms. The minimum Gasteiger partial charge on any atom is -0.485 e. The summed E-state index contributed by atoms with van der Waals surface area (Å²) < 4.78 is 24.3. The molecule has 0 spiro atoms. The lowest BCUT2D eigenvalue weighted by Crippen LogP contribution is -2.36. The van der Waals surface area contributed by atoms with Crippen LogP contribution in [0.15, 0.2) is 42.5 Å². The van der Waals surface area contributed by atoms with E-state index in [0.29, 0.717) is 11.5 Å². The number of carbonyl (C=O) groups excluding carboxylic acids is 1. The standard InChI is InChI=1S/C15H10ClFO3/c16-11-6-5-9(17)7-10(11)15(18)14-8-19-12-3-1-2-4-13(12)20-14/h1-7,14H,8H2. The quantitative estimate of drug-likeness (QED) is 0.795. The van der Waals surface area contributed by atoms with Gasteiger partial charge in [-0.05, 0) is 30.3 Å². The summed E-state index contributed by atoms with van der Waals surface area (Å²) in [7, 11) is 0. The fourth-order valence-electron chi connectivity index (χ4n) is 2.01. The molecule has 1 aliphatic rings. The molecule has 102 valence electrons. The van der Waals surface area contributed by atoms with Gasteiger partial charge in [-0.2, -0.15) is 0 Å². The largest absolute Gasteiger partial charge is 0.485 e. The second-order valence-electron chi connectivity index (χ2n) is 4.35. The van der Waals surface area contributed by atoms with Crippen molar-refractivity contribution in [2.45, 2.75) is 6.10 Å². The monoisotopic (exact) mass is 292 g/mol. The zero-order valence-corrected chi connectivity index (χ0v) is 11.1. The Morgan fingerprint density at radius 1 is 1.20 bits per heavy atom. The van der Waals surface area contributed by atoms with E-state index in [1.54, 1.807) is 18.2 Å². The molecular formula is C15H10ClFO3. The molecule has 5 heteroatoms. The molecule has 2 aromatic carbocycles. The second-order valence-corrected chi connectivity index (χ2v) is 4.76. The molecule has 2 aromatic rings. The molecule has 3 nitrogen and oxygen atoms in total. The molecule has 0 saturated heterocycles. The molecule has 0 aliphatic carbocycles. The van der Waals surface area contributed by atoms with Gasteiger partial charge in [-0.1, -0.05) is 23.7 Å². The zero-order chi connectivity index (χ0) is 14.1. The van der Waals surface area contributed by atoms with Crippen molar-refractivity contribution < 1.29 is 18.7 Å². The maximum absolute atomic E-state index is 13.2. The Morgan fingerprint density at radius 3 is 2.75 bits per heavy atom. The Labute approximate surface area is 119 Å². The van der Waals surface area contributed by atoms with E-state index in [-0.39, 0.29) is 17.2 Å². The lowest BCUT2D eigenvalue weighted by Gasteiger charge is -2.25. The van der Waals surface area contributed by atoms with Gasteiger partial charge in [0.1, 0.15) is 12.4 Å². The topological polar surface area (TPSA) is 35.5 Å². The molecule has 0 aromatic heterocycles. The maximum Gasteiger partial charge on any atom is 0.208 e. The number of hydrogen-bond acceptors (Lipinski definition) is 3. The van der Waals surface area contributed by atoms with Crippen LogP contribution in [0.5, 0.6) is 11.5 Å². The van der Waals surface area contributed by atoms with Gasteiger partial charge in [0, 0.05) is 5.56 Å². The number of hydrogen-bond donors (Lipinski definition) is 0. The van der Waals surface area contributed by atoms with Gasteiger partial charge in [-0.3, -0.25) is 4.79 Å². The van der Waals surface area contributed by atoms with E-state index in [2.05, 4.69) is 0 Å². The SMILES string of the molecule is O=C(c1cc(F)ccc1Cl)C1COc2ccccc2O1. The van der Waals surface area contributed by atoms with Gasteiger partial charge >= 0.3 is 0 Å². The number of ether oxygens (including phenoxy) is 2. The van der Waals surface area contributed by atoms with Crippen LogP contribution in [0.3, 0.4) is 0 Å². The summed E-state index contributed by atoms with van der Waals surface area (Å²) in [6.07, 6.45) is -0.829. The highest BCUT2D eigenvalue weighted by Crippen LogP contribution is 2.32. The molecule has 3 rings (SSSR count). The summed E-state index contributed by atoms with van der Waals surface area (Å²) in [6.45, 7) is 0.0721. The third-order valence-corrected chi connectivity index (χ3v) is 3.32. The van der Waals surface area contributed by atoms with Gasteiger partial charge in [-0.25, -0.2) is 4.39 Å². The number of halogens is 2. The third kappa shape index (κ3) is 2.34. The number of fused-ring (bicyclic) bond motifs is 1. The van der Waals surface area contributed by atoms with Gasteiger partial charge in [0.15, 0.2) is 17.6 Å². The predicted molar refractivity (Wildman–Crippen MR) is 72.1 cm³/mol. The Morgan fingerprint density at radius 2 is 1.95 bits per heavy atom. The highest BCUT2D eigenvalue weighted by molar-refractivity contribution is 6.34. The van der Waals surface area contributed by atoms with E-state index in [1.807, 2.05) is 6.07 Å². The first-order chi connectivity index (χ1) is 9.65. The smallest absolute Gasteiger partial charge is 0.208 e. The van der Waals surface area contributed by atoms with Crippen LogP contribution in [-0.2, 0) is 0 Å². The molecule has 1 heterocycles. The van der Waals surface area contributed by atoms with Crippen LogP contribution in [0.25, 0.3) is 0 Å². The van der Waals surface area contributed by atoms with E-state index in [4.69, 9.17) is 21.1 Å². The first-order valence-corrected chi connectivity index (χ1v) is 6.40. The summed E-state index contributed by atoms with van der Waals surface area (Å²) in [4.78, 5) is 12.3. The fourth-order valence-corrected chi connectivity index (χ4v) is 2.22. The lowest BCUT2D eigenvalue weighted by atomic mass is 10.1. The predicted octanol–water partition coefficient (Wildman–Crippen LogP) is 3.50. The van der Waals surface area contributed by atoms with Crippen LogP contribution >= 0.6 is 11.6 Å². The average molecular weight is 293 g/mol. The number of Topliss-reactive ketones (excluding diaryl/α,β-unsaturated/α-hetero) is 1. The molecule has 1 aliphatic heterocycles. The molecular weight excluding hydrogens is 283 g/mol. The van der Waals surface area contributed by atoms with E-state index in [1.165, 1.54) is 12.1 Å². The number of benzene rings is 2. The van der Waals surface area contributed by atoms with E-state index in [0.717, 1.165) is 6.07 Å². The van der Waals surface area contributed by atoms with Crippen LogP contribution in [0, 0.1) is 5.82 Å². The van der Waals surface area contributed by atoms with Crippen molar-refractivity contribution in [3.8, 4) is 11.5 Å². The minimum absolute atomic E-state index is 0.0721. The van der Waals surface area contributed by atoms with Crippen molar-refractivity contribution >= 4 is 17.4 Å². The zero-order valence-electron chi connectivity index (χ0n) is 10.3. The number of carbonyl (C=O) groups is 1. The maximum atomic E-state index is 13.2. The number of rotatable bonds is 2. The van der Waals surface area contributed by atoms with Crippen molar-refractivity contribution in [3.63, 3.8) is 0 Å². The van der Waals surface area contributed by atoms with E-state index >= 15 is 0 Å². The number of ketones is 1. The first-order valence-electron chi connectivity index (χ1n) is 6.03. The summed E-state index contributed by atoms with van der Waals surface area (Å²) in [6, 6.07) is 10.7. The normalized spacial score (nSPS) is 16.8. The summed E-state index contributed by atoms with van der Waals surface area (Å²) in [5, 5.41) is 0.193. The molecule has 0 radical (unpaired) electrons. The van der Waals surface area contributed by atoms with Crippen LogP contribution in [0.4, 0.5) is 4.39 Å². The van der Waals surface area contributed by atoms with Crippen LogP contribution < -0.4 is 9.47 Å². The van der Waals surface area contributed by atoms with Crippen molar-refractivity contribution in [1.29, 1.82) is 0 Å². The highest BCUT2D eigenvalue weighted by atomic mass is 35.5. The summed E-state index contributed by atoms with van der Waals surface area (Å²) in [5.41, 5.74) is 0.0969. The molecule has 0 amide bonds. The highest BCUT2D eigenvalue weighted by Gasteiger charge is 2.29. The van der Waals surface area contributed by atoms with Crippen LogP contribution in [0.2, 0.25) is 5.02 Å². The van der Waals surface area contributed by atoms with Gasteiger partial charge in [-0.15, -0.1) is 0 Å². The van der Waals surface area contributed by atoms with Gasteiger partial charge < -0.3 is 9.47 Å². The Kier molecular flexibility index (Phi) is 3.32. The fraction of sp³-hybridized carbons (Fsp3) is 0.133. The molecule has 0 bridgehead atoms. The van der Waals surface area contributed by atoms with Crippen molar-refractivity contribution in [2.75, 3.05) is 6.61 Å². The molecule has 1 unspecified atom stereocenters. The lowest BCUT2D eigenvalue weighted by molar-refractivity contribution is 0.0585. The minimum atomic E-state index is -0.829.